The largest absolute Gasteiger partial charge is 0.416 e. The third-order valence-electron chi connectivity index (χ3n) is 8.09. The van der Waals surface area contributed by atoms with E-state index in [2.05, 4.69) is 22.5 Å². The third-order valence-corrected chi connectivity index (χ3v) is 8.09. The van der Waals surface area contributed by atoms with Crippen molar-refractivity contribution in [3.05, 3.63) is 46.7 Å². The number of hydrogen-bond donors (Lipinski definition) is 2. The highest BCUT2D eigenvalue weighted by Crippen LogP contribution is 2.38. The van der Waals surface area contributed by atoms with E-state index < -0.39 is 17.7 Å². The summed E-state index contributed by atoms with van der Waals surface area (Å²) in [4.78, 5) is 23.8. The zero-order chi connectivity index (χ0) is 26.9. The molecule has 4 aliphatic rings. The normalized spacial score (nSPS) is 28.9. The van der Waals surface area contributed by atoms with E-state index in [0.29, 0.717) is 24.0 Å². The summed E-state index contributed by atoms with van der Waals surface area (Å²) < 4.78 is 40.1. The van der Waals surface area contributed by atoms with Gasteiger partial charge in [-0.3, -0.25) is 9.79 Å². The first-order valence-corrected chi connectivity index (χ1v) is 13.3. The first kappa shape index (κ1) is 27.2. The highest BCUT2D eigenvalue weighted by atomic mass is 19.4. The standard InChI is InChI=1S/C28H38F3N5O/c1-5-36(4)27(37)19-8-6-18(7-9-19)20-10-11-25-24(14-20)26(35-17(3)34-25)33-16(2)21-12-22(28(29,30)31)15-23(32)13-21/h10,12,14-16,18-19,21,25H,5-9,11,13,32H2,1-4H3,(H,33,34,35). The number of fused-ring (bicyclic) bond motifs is 1. The van der Waals surface area contributed by atoms with Gasteiger partial charge in [-0.2, -0.15) is 13.2 Å². The molecule has 1 saturated carbocycles. The van der Waals surface area contributed by atoms with Crippen molar-refractivity contribution < 1.29 is 18.0 Å². The summed E-state index contributed by atoms with van der Waals surface area (Å²) in [6.45, 7) is 6.43. The van der Waals surface area contributed by atoms with Crippen molar-refractivity contribution in [1.29, 1.82) is 0 Å². The van der Waals surface area contributed by atoms with Crippen LogP contribution in [0.25, 0.3) is 0 Å². The molecule has 1 amide bonds. The number of hydrogen-bond acceptors (Lipinski definition) is 5. The monoisotopic (exact) mass is 517 g/mol. The maximum absolute atomic E-state index is 13.4. The Hall–Kier alpha value is -2.84. The number of alkyl halides is 3. The molecule has 3 aliphatic carbocycles. The Bertz CT molecular complexity index is 1090. The molecule has 3 N–H and O–H groups in total. The van der Waals surface area contributed by atoms with Gasteiger partial charge in [-0.05, 0) is 82.9 Å². The zero-order valence-corrected chi connectivity index (χ0v) is 22.1. The molecular weight excluding hydrogens is 479 g/mol. The predicted octanol–water partition coefficient (Wildman–Crippen LogP) is 5.06. The minimum absolute atomic E-state index is 0.0512. The van der Waals surface area contributed by atoms with Crippen molar-refractivity contribution in [2.75, 3.05) is 13.6 Å². The number of nitrogens with two attached hydrogens (primary N) is 1. The quantitative estimate of drug-likeness (QED) is 0.535. The average molecular weight is 518 g/mol. The molecule has 1 fully saturated rings. The first-order valence-electron chi connectivity index (χ1n) is 13.3. The Labute approximate surface area is 217 Å². The lowest BCUT2D eigenvalue weighted by atomic mass is 9.75. The van der Waals surface area contributed by atoms with Gasteiger partial charge in [0.2, 0.25) is 5.91 Å². The molecule has 4 rings (SSSR count). The minimum Gasteiger partial charge on any atom is -0.402 e. The molecule has 0 saturated heterocycles. The van der Waals surface area contributed by atoms with Crippen molar-refractivity contribution in [2.24, 2.45) is 33.5 Å². The van der Waals surface area contributed by atoms with Gasteiger partial charge in [0.05, 0.1) is 11.6 Å². The smallest absolute Gasteiger partial charge is 0.402 e. The second-order valence-corrected chi connectivity index (χ2v) is 10.7. The number of aliphatic imine (C=N–C) groups is 2. The lowest BCUT2D eigenvalue weighted by molar-refractivity contribution is -0.135. The maximum atomic E-state index is 13.4. The second-order valence-electron chi connectivity index (χ2n) is 10.7. The van der Waals surface area contributed by atoms with E-state index in [4.69, 9.17) is 10.7 Å². The molecule has 1 aliphatic heterocycles. The van der Waals surface area contributed by atoms with Crippen LogP contribution in [-0.4, -0.2) is 54.3 Å². The maximum Gasteiger partial charge on any atom is 0.416 e. The van der Waals surface area contributed by atoms with E-state index in [9.17, 15) is 18.0 Å². The van der Waals surface area contributed by atoms with Gasteiger partial charge < -0.3 is 16.0 Å². The molecule has 3 atom stereocenters. The van der Waals surface area contributed by atoms with Crippen molar-refractivity contribution in [2.45, 2.75) is 77.6 Å². The summed E-state index contributed by atoms with van der Waals surface area (Å²) >= 11 is 0. The summed E-state index contributed by atoms with van der Waals surface area (Å²) in [5.74, 6) is 1.65. The van der Waals surface area contributed by atoms with Gasteiger partial charge in [0.15, 0.2) is 0 Å². The van der Waals surface area contributed by atoms with Gasteiger partial charge in [-0.25, -0.2) is 4.99 Å². The molecular formula is C28H38F3N5O. The molecule has 0 bridgehead atoms. The SMILES string of the molecule is CCN(C)C(=O)C1CCC(C2=CCC3N=C(C)N=C(NC(C)C4C=C(C(F)(F)F)C=C(N)C4)C3=C2)CC1. The minimum atomic E-state index is -4.43. The van der Waals surface area contributed by atoms with Crippen LogP contribution < -0.4 is 11.1 Å². The number of amidine groups is 2. The van der Waals surface area contributed by atoms with Crippen molar-refractivity contribution in [3.63, 3.8) is 0 Å². The number of allylic oxidation sites excluding steroid dienone is 5. The van der Waals surface area contributed by atoms with Gasteiger partial charge in [0.1, 0.15) is 11.7 Å². The van der Waals surface area contributed by atoms with Crippen LogP contribution in [0.3, 0.4) is 0 Å². The van der Waals surface area contributed by atoms with E-state index in [-0.39, 0.29) is 29.6 Å². The van der Waals surface area contributed by atoms with Gasteiger partial charge >= 0.3 is 6.18 Å². The van der Waals surface area contributed by atoms with Crippen molar-refractivity contribution >= 4 is 17.6 Å². The molecule has 0 radical (unpaired) electrons. The van der Waals surface area contributed by atoms with E-state index in [0.717, 1.165) is 50.3 Å². The van der Waals surface area contributed by atoms with Crippen LogP contribution in [0.15, 0.2) is 56.7 Å². The van der Waals surface area contributed by atoms with Crippen LogP contribution in [-0.2, 0) is 4.79 Å². The summed E-state index contributed by atoms with van der Waals surface area (Å²) in [6.07, 6.45) is 7.11. The highest BCUT2D eigenvalue weighted by molar-refractivity contribution is 6.09. The van der Waals surface area contributed by atoms with Gasteiger partial charge in [0.25, 0.3) is 0 Å². The van der Waals surface area contributed by atoms with Crippen molar-refractivity contribution in [3.8, 4) is 0 Å². The van der Waals surface area contributed by atoms with Crippen LogP contribution in [0.1, 0.15) is 59.3 Å². The average Bonchev–Trinajstić information content (AvgIpc) is 2.86. The fourth-order valence-corrected chi connectivity index (χ4v) is 5.77. The molecule has 0 spiro atoms. The second kappa shape index (κ2) is 10.9. The van der Waals surface area contributed by atoms with Crippen LogP contribution in [0, 0.1) is 17.8 Å². The number of halogens is 3. The van der Waals surface area contributed by atoms with E-state index in [1.165, 1.54) is 11.6 Å². The number of carbonyl (C=O) groups excluding carboxylic acids is 1. The fourth-order valence-electron chi connectivity index (χ4n) is 5.77. The van der Waals surface area contributed by atoms with E-state index >= 15 is 0 Å². The van der Waals surface area contributed by atoms with Gasteiger partial charge in [-0.1, -0.05) is 12.2 Å². The first-order chi connectivity index (χ1) is 17.5. The molecule has 9 heteroatoms. The number of amides is 1. The summed E-state index contributed by atoms with van der Waals surface area (Å²) in [7, 11) is 1.86. The van der Waals surface area contributed by atoms with Crippen LogP contribution in [0.2, 0.25) is 0 Å². The molecule has 3 unspecified atom stereocenters. The van der Waals surface area contributed by atoms with E-state index in [1.54, 1.807) is 4.90 Å². The molecule has 0 aromatic heterocycles. The van der Waals surface area contributed by atoms with Crippen LogP contribution >= 0.6 is 0 Å². The number of nitrogens with one attached hydrogen (secondary N) is 1. The fraction of sp³-hybridized carbons (Fsp3) is 0.607. The molecule has 0 aromatic rings. The Morgan fingerprint density at radius 1 is 1.24 bits per heavy atom. The van der Waals surface area contributed by atoms with Crippen molar-refractivity contribution in [1.82, 2.24) is 10.2 Å². The Balaban J connectivity index is 1.47. The molecule has 6 nitrogen and oxygen atoms in total. The van der Waals surface area contributed by atoms with Crippen LogP contribution in [0.5, 0.6) is 0 Å². The highest BCUT2D eigenvalue weighted by Gasteiger charge is 2.37. The molecule has 1 heterocycles. The van der Waals surface area contributed by atoms with E-state index in [1.807, 2.05) is 27.8 Å². The Morgan fingerprint density at radius 2 is 1.95 bits per heavy atom. The lowest BCUT2D eigenvalue weighted by Crippen LogP contribution is -2.43. The Kier molecular flexibility index (Phi) is 7.99. The summed E-state index contributed by atoms with van der Waals surface area (Å²) in [5.41, 5.74) is 7.64. The number of carbonyl (C=O) groups is 1. The lowest BCUT2D eigenvalue weighted by Gasteiger charge is -2.34. The van der Waals surface area contributed by atoms with Gasteiger partial charge in [-0.15, -0.1) is 0 Å². The Morgan fingerprint density at radius 3 is 2.59 bits per heavy atom. The topological polar surface area (TPSA) is 83.1 Å². The van der Waals surface area contributed by atoms with Crippen LogP contribution in [0.4, 0.5) is 13.2 Å². The molecule has 0 aromatic carbocycles. The molecule has 37 heavy (non-hydrogen) atoms. The number of rotatable bonds is 5. The van der Waals surface area contributed by atoms with Gasteiger partial charge in [0, 0.05) is 42.7 Å². The summed E-state index contributed by atoms with van der Waals surface area (Å²) in [6, 6.07) is -0.355. The summed E-state index contributed by atoms with van der Waals surface area (Å²) in [5, 5.41) is 3.40. The third kappa shape index (κ3) is 6.18. The molecule has 202 valence electrons. The predicted molar refractivity (Wildman–Crippen MR) is 141 cm³/mol. The zero-order valence-electron chi connectivity index (χ0n) is 22.1. The number of nitrogens with zero attached hydrogens (tertiary/aromatic N) is 3.